The number of nitrogens with zero attached hydrogens (tertiary/aromatic N) is 2. The molecule has 0 bridgehead atoms. The molecule has 1 aromatic heterocycles. The monoisotopic (exact) mass is 286 g/mol. The average Bonchev–Trinajstić information content (AvgIpc) is 2.98. The number of para-hydroxylation sites is 1. The minimum atomic E-state index is 0.279. The molecule has 4 heteroatoms. The van der Waals surface area contributed by atoms with Crippen LogP contribution in [0, 0.1) is 5.92 Å². The molecule has 0 radical (unpaired) electrons. The zero-order valence-corrected chi connectivity index (χ0v) is 12.5. The fourth-order valence-electron chi connectivity index (χ4n) is 3.23. The van der Waals surface area contributed by atoms with Crippen LogP contribution in [-0.2, 0) is 6.42 Å². The largest absolute Gasteiger partial charge is 0.508 e. The second-order valence-corrected chi connectivity index (χ2v) is 5.99. The molecule has 0 saturated heterocycles. The fourth-order valence-corrected chi connectivity index (χ4v) is 3.23. The SMILES string of the molecule is CCC1CCCC(c2noc(Cc3ccccc3O)n2)C1. The zero-order chi connectivity index (χ0) is 14.7. The van der Waals surface area contributed by atoms with E-state index in [4.69, 9.17) is 4.52 Å². The lowest BCUT2D eigenvalue weighted by atomic mass is 9.80. The van der Waals surface area contributed by atoms with Crippen molar-refractivity contribution in [2.24, 2.45) is 5.92 Å². The van der Waals surface area contributed by atoms with Crippen LogP contribution in [0.15, 0.2) is 28.8 Å². The summed E-state index contributed by atoms with van der Waals surface area (Å²) in [6.45, 7) is 2.26. The summed E-state index contributed by atoms with van der Waals surface area (Å²) in [5, 5.41) is 14.0. The van der Waals surface area contributed by atoms with Gasteiger partial charge in [0.15, 0.2) is 5.82 Å². The van der Waals surface area contributed by atoms with E-state index in [9.17, 15) is 5.11 Å². The van der Waals surface area contributed by atoms with Crippen molar-refractivity contribution < 1.29 is 9.63 Å². The Labute approximate surface area is 125 Å². The number of aromatic hydroxyl groups is 1. The number of hydrogen-bond acceptors (Lipinski definition) is 4. The predicted molar refractivity (Wildman–Crippen MR) is 80.2 cm³/mol. The molecule has 2 aromatic rings. The molecule has 1 saturated carbocycles. The Morgan fingerprint density at radius 2 is 2.14 bits per heavy atom. The highest BCUT2D eigenvalue weighted by Crippen LogP contribution is 2.36. The van der Waals surface area contributed by atoms with Gasteiger partial charge < -0.3 is 9.63 Å². The maximum absolute atomic E-state index is 9.80. The smallest absolute Gasteiger partial charge is 0.231 e. The van der Waals surface area contributed by atoms with E-state index in [1.807, 2.05) is 18.2 Å². The Hall–Kier alpha value is -1.84. The molecule has 1 N–H and O–H groups in total. The number of phenols is 1. The van der Waals surface area contributed by atoms with Gasteiger partial charge in [-0.15, -0.1) is 0 Å². The van der Waals surface area contributed by atoms with Gasteiger partial charge in [0, 0.05) is 11.5 Å². The van der Waals surface area contributed by atoms with Crippen molar-refractivity contribution in [1.82, 2.24) is 10.1 Å². The van der Waals surface area contributed by atoms with E-state index in [2.05, 4.69) is 17.1 Å². The molecule has 2 atom stereocenters. The van der Waals surface area contributed by atoms with Crippen LogP contribution in [0.25, 0.3) is 0 Å². The van der Waals surface area contributed by atoms with Gasteiger partial charge in [0.05, 0.1) is 6.42 Å². The number of rotatable bonds is 4. The normalized spacial score (nSPS) is 22.3. The lowest BCUT2D eigenvalue weighted by Crippen LogP contribution is -2.14. The molecule has 21 heavy (non-hydrogen) atoms. The van der Waals surface area contributed by atoms with Crippen LogP contribution in [0.1, 0.15) is 62.2 Å². The lowest BCUT2D eigenvalue weighted by Gasteiger charge is -2.26. The van der Waals surface area contributed by atoms with Crippen molar-refractivity contribution >= 4 is 0 Å². The second-order valence-electron chi connectivity index (χ2n) is 5.99. The van der Waals surface area contributed by atoms with Crippen LogP contribution in [0.5, 0.6) is 5.75 Å². The second kappa shape index (κ2) is 6.29. The third-order valence-corrected chi connectivity index (χ3v) is 4.54. The maximum atomic E-state index is 9.80. The summed E-state index contributed by atoms with van der Waals surface area (Å²) in [5.41, 5.74) is 0.822. The summed E-state index contributed by atoms with van der Waals surface area (Å²) in [4.78, 5) is 4.55. The third kappa shape index (κ3) is 3.26. The molecule has 112 valence electrons. The van der Waals surface area contributed by atoms with Crippen molar-refractivity contribution in [3.63, 3.8) is 0 Å². The number of hydrogen-bond donors (Lipinski definition) is 1. The van der Waals surface area contributed by atoms with Crippen LogP contribution < -0.4 is 0 Å². The molecule has 2 unspecified atom stereocenters. The number of phenolic OH excluding ortho intramolecular Hbond substituents is 1. The molecule has 1 heterocycles. The van der Waals surface area contributed by atoms with E-state index >= 15 is 0 Å². The van der Waals surface area contributed by atoms with Crippen molar-refractivity contribution in [2.75, 3.05) is 0 Å². The topological polar surface area (TPSA) is 59.2 Å². The van der Waals surface area contributed by atoms with E-state index in [1.54, 1.807) is 6.07 Å². The van der Waals surface area contributed by atoms with Gasteiger partial charge in [0.25, 0.3) is 0 Å². The minimum Gasteiger partial charge on any atom is -0.508 e. The Morgan fingerprint density at radius 1 is 1.29 bits per heavy atom. The zero-order valence-electron chi connectivity index (χ0n) is 12.5. The van der Waals surface area contributed by atoms with Crippen LogP contribution in [0.3, 0.4) is 0 Å². The van der Waals surface area contributed by atoms with Gasteiger partial charge in [-0.2, -0.15) is 4.98 Å². The van der Waals surface area contributed by atoms with Crippen LogP contribution in [0.2, 0.25) is 0 Å². The first-order chi connectivity index (χ1) is 10.3. The van der Waals surface area contributed by atoms with Gasteiger partial charge in [-0.25, -0.2) is 0 Å². The highest BCUT2D eigenvalue weighted by Gasteiger charge is 2.26. The first-order valence-electron chi connectivity index (χ1n) is 7.85. The van der Waals surface area contributed by atoms with Gasteiger partial charge in [-0.1, -0.05) is 49.5 Å². The van der Waals surface area contributed by atoms with E-state index in [-0.39, 0.29) is 5.75 Å². The van der Waals surface area contributed by atoms with E-state index in [1.165, 1.54) is 25.7 Å². The first kappa shape index (κ1) is 14.1. The van der Waals surface area contributed by atoms with Gasteiger partial charge in [0.1, 0.15) is 5.75 Å². The van der Waals surface area contributed by atoms with Crippen molar-refractivity contribution in [3.05, 3.63) is 41.5 Å². The molecule has 1 fully saturated rings. The third-order valence-electron chi connectivity index (χ3n) is 4.54. The minimum absolute atomic E-state index is 0.279. The standard InChI is InChI=1S/C17H22N2O2/c1-2-12-6-5-8-14(10-12)17-18-16(21-19-17)11-13-7-3-4-9-15(13)20/h3-4,7,9,12,14,20H,2,5-6,8,10-11H2,1H3. The van der Waals surface area contributed by atoms with Crippen molar-refractivity contribution in [3.8, 4) is 5.75 Å². The Balaban J connectivity index is 1.70. The van der Waals surface area contributed by atoms with E-state index < -0.39 is 0 Å². The van der Waals surface area contributed by atoms with Crippen molar-refractivity contribution in [2.45, 2.75) is 51.4 Å². The molecule has 4 nitrogen and oxygen atoms in total. The summed E-state index contributed by atoms with van der Waals surface area (Å²) in [5.74, 6) is 2.94. The summed E-state index contributed by atoms with van der Waals surface area (Å²) in [6, 6.07) is 7.27. The molecule has 0 spiro atoms. The Kier molecular flexibility index (Phi) is 4.23. The van der Waals surface area contributed by atoms with Gasteiger partial charge >= 0.3 is 0 Å². The molecular weight excluding hydrogens is 264 g/mol. The molecule has 1 aliphatic rings. The molecule has 1 aliphatic carbocycles. The summed E-state index contributed by atoms with van der Waals surface area (Å²) < 4.78 is 5.37. The molecular formula is C17H22N2O2. The number of benzene rings is 1. The van der Waals surface area contributed by atoms with Crippen molar-refractivity contribution in [1.29, 1.82) is 0 Å². The Bertz CT molecular complexity index is 594. The van der Waals surface area contributed by atoms with E-state index in [0.29, 0.717) is 18.2 Å². The lowest BCUT2D eigenvalue weighted by molar-refractivity contribution is 0.298. The summed E-state index contributed by atoms with van der Waals surface area (Å²) in [7, 11) is 0. The highest BCUT2D eigenvalue weighted by molar-refractivity contribution is 5.33. The number of aromatic nitrogens is 2. The predicted octanol–water partition coefficient (Wildman–Crippen LogP) is 4.05. The maximum Gasteiger partial charge on any atom is 0.231 e. The highest BCUT2D eigenvalue weighted by atomic mass is 16.5. The quantitative estimate of drug-likeness (QED) is 0.921. The average molecular weight is 286 g/mol. The summed E-state index contributed by atoms with van der Waals surface area (Å²) >= 11 is 0. The molecule has 1 aromatic carbocycles. The molecule has 3 rings (SSSR count). The van der Waals surface area contributed by atoms with Crippen LogP contribution >= 0.6 is 0 Å². The van der Waals surface area contributed by atoms with Crippen LogP contribution in [0.4, 0.5) is 0 Å². The summed E-state index contributed by atoms with van der Waals surface area (Å²) in [6.07, 6.45) is 6.64. The molecule has 0 aliphatic heterocycles. The first-order valence-corrected chi connectivity index (χ1v) is 7.85. The Morgan fingerprint density at radius 3 is 2.95 bits per heavy atom. The van der Waals surface area contributed by atoms with Gasteiger partial charge in [0.2, 0.25) is 5.89 Å². The fraction of sp³-hybridized carbons (Fsp3) is 0.529. The molecule has 0 amide bonds. The van der Waals surface area contributed by atoms with Crippen LogP contribution in [-0.4, -0.2) is 15.2 Å². The van der Waals surface area contributed by atoms with E-state index in [0.717, 1.165) is 23.7 Å². The van der Waals surface area contributed by atoms with Gasteiger partial charge in [-0.05, 0) is 24.8 Å². The van der Waals surface area contributed by atoms with Gasteiger partial charge in [-0.3, -0.25) is 0 Å².